The summed E-state index contributed by atoms with van der Waals surface area (Å²) in [5.74, 6) is 0.789. The van der Waals surface area contributed by atoms with Crippen LogP contribution in [0.5, 0.6) is 11.5 Å². The maximum absolute atomic E-state index is 10.0. The van der Waals surface area contributed by atoms with Gasteiger partial charge in [-0.15, -0.1) is 0 Å². The molecule has 106 valence electrons. The van der Waals surface area contributed by atoms with Gasteiger partial charge in [0.1, 0.15) is 11.5 Å². The number of hydrogen-bond donors (Lipinski definition) is 2. The molecule has 0 aliphatic rings. The third-order valence-electron chi connectivity index (χ3n) is 3.01. The molecule has 1 atom stereocenters. The van der Waals surface area contributed by atoms with E-state index >= 15 is 0 Å². The summed E-state index contributed by atoms with van der Waals surface area (Å²) in [7, 11) is 1.56. The standard InChI is InChI=1S/C15H15Cl2NO2/c1-9(12-5-4-11(20-2)8-15(12)19)18-14-6-3-10(16)7-13(14)17/h3-9,18-19H,1-2H3. The highest BCUT2D eigenvalue weighted by Crippen LogP contribution is 2.33. The number of benzene rings is 2. The normalized spacial score (nSPS) is 12.0. The number of phenolic OH excluding ortho intramolecular Hbond substituents is 1. The summed E-state index contributed by atoms with van der Waals surface area (Å²) in [6.45, 7) is 1.94. The van der Waals surface area contributed by atoms with Gasteiger partial charge in [-0.05, 0) is 37.3 Å². The van der Waals surface area contributed by atoms with Crippen LogP contribution >= 0.6 is 23.2 Å². The van der Waals surface area contributed by atoms with Gasteiger partial charge in [0.25, 0.3) is 0 Å². The van der Waals surface area contributed by atoms with Crippen LogP contribution in [-0.2, 0) is 0 Å². The number of anilines is 1. The summed E-state index contributed by atoms with van der Waals surface area (Å²) in [6.07, 6.45) is 0. The first-order valence-corrected chi connectivity index (χ1v) is 6.85. The van der Waals surface area contributed by atoms with E-state index in [2.05, 4.69) is 5.32 Å². The smallest absolute Gasteiger partial charge is 0.124 e. The summed E-state index contributed by atoms with van der Waals surface area (Å²) in [6, 6.07) is 10.3. The first-order chi connectivity index (χ1) is 9.51. The molecule has 0 radical (unpaired) electrons. The lowest BCUT2D eigenvalue weighted by Crippen LogP contribution is -2.07. The molecule has 2 aromatic rings. The Morgan fingerprint density at radius 1 is 1.15 bits per heavy atom. The zero-order valence-electron chi connectivity index (χ0n) is 11.2. The Kier molecular flexibility index (Phi) is 4.63. The first-order valence-electron chi connectivity index (χ1n) is 6.09. The molecule has 5 heteroatoms. The van der Waals surface area contributed by atoms with E-state index in [1.165, 1.54) is 0 Å². The van der Waals surface area contributed by atoms with Gasteiger partial charge in [0.2, 0.25) is 0 Å². The molecule has 0 heterocycles. The second-order valence-corrected chi connectivity index (χ2v) is 5.26. The van der Waals surface area contributed by atoms with Crippen molar-refractivity contribution >= 4 is 28.9 Å². The summed E-state index contributed by atoms with van der Waals surface area (Å²) in [5.41, 5.74) is 1.52. The second-order valence-electron chi connectivity index (χ2n) is 4.41. The van der Waals surface area contributed by atoms with Crippen molar-refractivity contribution in [2.45, 2.75) is 13.0 Å². The summed E-state index contributed by atoms with van der Waals surface area (Å²) in [4.78, 5) is 0. The van der Waals surface area contributed by atoms with Crippen LogP contribution in [0.1, 0.15) is 18.5 Å². The second kappa shape index (κ2) is 6.25. The van der Waals surface area contributed by atoms with E-state index in [0.717, 1.165) is 11.3 Å². The monoisotopic (exact) mass is 311 g/mol. The Hall–Kier alpha value is -1.58. The number of nitrogens with one attached hydrogen (secondary N) is 1. The molecule has 0 aliphatic heterocycles. The predicted octanol–water partition coefficient (Wildman–Crippen LogP) is 4.88. The van der Waals surface area contributed by atoms with Crippen molar-refractivity contribution in [3.05, 3.63) is 52.0 Å². The number of halogens is 2. The Bertz CT molecular complexity index is 617. The minimum atomic E-state index is -0.111. The number of ether oxygens (including phenoxy) is 1. The highest BCUT2D eigenvalue weighted by atomic mass is 35.5. The van der Waals surface area contributed by atoms with Gasteiger partial charge < -0.3 is 15.2 Å². The largest absolute Gasteiger partial charge is 0.507 e. The Morgan fingerprint density at radius 2 is 1.90 bits per heavy atom. The Morgan fingerprint density at radius 3 is 2.50 bits per heavy atom. The number of phenols is 1. The minimum Gasteiger partial charge on any atom is -0.507 e. The highest BCUT2D eigenvalue weighted by Gasteiger charge is 2.12. The average Bonchev–Trinajstić information content (AvgIpc) is 2.41. The Labute approximate surface area is 128 Å². The first kappa shape index (κ1) is 14.8. The van der Waals surface area contributed by atoms with Crippen LogP contribution in [0.4, 0.5) is 5.69 Å². The van der Waals surface area contributed by atoms with Crippen molar-refractivity contribution in [1.29, 1.82) is 0 Å². The summed E-state index contributed by atoms with van der Waals surface area (Å²) in [5, 5.41) is 14.4. The lowest BCUT2D eigenvalue weighted by Gasteiger charge is -2.18. The van der Waals surface area contributed by atoms with Crippen molar-refractivity contribution in [2.24, 2.45) is 0 Å². The lowest BCUT2D eigenvalue weighted by atomic mass is 10.1. The van der Waals surface area contributed by atoms with E-state index in [1.54, 1.807) is 31.4 Å². The van der Waals surface area contributed by atoms with Crippen molar-refractivity contribution < 1.29 is 9.84 Å². The quantitative estimate of drug-likeness (QED) is 0.845. The summed E-state index contributed by atoms with van der Waals surface area (Å²) >= 11 is 12.0. The maximum Gasteiger partial charge on any atom is 0.124 e. The molecule has 0 bridgehead atoms. The molecule has 2 N–H and O–H groups in total. The fourth-order valence-corrected chi connectivity index (χ4v) is 2.40. The van der Waals surface area contributed by atoms with E-state index in [9.17, 15) is 5.11 Å². The van der Waals surface area contributed by atoms with Crippen molar-refractivity contribution in [3.63, 3.8) is 0 Å². The number of rotatable bonds is 4. The van der Waals surface area contributed by atoms with Crippen LogP contribution in [0, 0.1) is 0 Å². The van der Waals surface area contributed by atoms with Crippen LogP contribution in [0.2, 0.25) is 10.0 Å². The molecule has 2 aromatic carbocycles. The van der Waals surface area contributed by atoms with Gasteiger partial charge in [-0.25, -0.2) is 0 Å². The molecular formula is C15H15Cl2NO2. The van der Waals surface area contributed by atoms with E-state index in [0.29, 0.717) is 15.8 Å². The van der Waals surface area contributed by atoms with E-state index in [-0.39, 0.29) is 11.8 Å². The van der Waals surface area contributed by atoms with E-state index < -0.39 is 0 Å². The molecule has 3 nitrogen and oxygen atoms in total. The van der Waals surface area contributed by atoms with Gasteiger partial charge in [-0.3, -0.25) is 0 Å². The van der Waals surface area contributed by atoms with Crippen LogP contribution in [0.3, 0.4) is 0 Å². The molecule has 20 heavy (non-hydrogen) atoms. The van der Waals surface area contributed by atoms with Crippen molar-refractivity contribution in [1.82, 2.24) is 0 Å². The lowest BCUT2D eigenvalue weighted by molar-refractivity contribution is 0.406. The summed E-state index contributed by atoms with van der Waals surface area (Å²) < 4.78 is 5.06. The van der Waals surface area contributed by atoms with Gasteiger partial charge in [0.15, 0.2) is 0 Å². The molecule has 0 saturated carbocycles. The topological polar surface area (TPSA) is 41.5 Å². The molecule has 0 amide bonds. The van der Waals surface area contributed by atoms with Crippen LogP contribution in [0.25, 0.3) is 0 Å². The van der Waals surface area contributed by atoms with Crippen molar-refractivity contribution in [3.8, 4) is 11.5 Å². The number of methoxy groups -OCH3 is 1. The van der Waals surface area contributed by atoms with E-state index in [1.807, 2.05) is 19.1 Å². The average molecular weight is 312 g/mol. The molecule has 0 spiro atoms. The van der Waals surface area contributed by atoms with Gasteiger partial charge in [-0.2, -0.15) is 0 Å². The van der Waals surface area contributed by atoms with Crippen molar-refractivity contribution in [2.75, 3.05) is 12.4 Å². The molecule has 0 saturated heterocycles. The minimum absolute atomic E-state index is 0.111. The van der Waals surface area contributed by atoms with Gasteiger partial charge in [0, 0.05) is 16.7 Å². The van der Waals surface area contributed by atoms with Crippen LogP contribution < -0.4 is 10.1 Å². The molecule has 0 fully saturated rings. The van der Waals surface area contributed by atoms with Gasteiger partial charge in [0.05, 0.1) is 23.9 Å². The molecule has 2 rings (SSSR count). The third kappa shape index (κ3) is 3.30. The fourth-order valence-electron chi connectivity index (χ4n) is 1.93. The third-order valence-corrected chi connectivity index (χ3v) is 3.56. The maximum atomic E-state index is 10.0. The van der Waals surface area contributed by atoms with Gasteiger partial charge in [-0.1, -0.05) is 23.2 Å². The zero-order chi connectivity index (χ0) is 14.7. The zero-order valence-corrected chi connectivity index (χ0v) is 12.7. The SMILES string of the molecule is COc1ccc(C(C)Nc2ccc(Cl)cc2Cl)c(O)c1. The predicted molar refractivity (Wildman–Crippen MR) is 83.2 cm³/mol. The highest BCUT2D eigenvalue weighted by molar-refractivity contribution is 6.36. The molecule has 0 aromatic heterocycles. The van der Waals surface area contributed by atoms with Crippen LogP contribution in [0.15, 0.2) is 36.4 Å². The van der Waals surface area contributed by atoms with Gasteiger partial charge >= 0.3 is 0 Å². The van der Waals surface area contributed by atoms with E-state index in [4.69, 9.17) is 27.9 Å². The van der Waals surface area contributed by atoms with Crippen LogP contribution in [-0.4, -0.2) is 12.2 Å². The molecule has 0 aliphatic carbocycles. The number of hydrogen-bond acceptors (Lipinski definition) is 3. The number of aromatic hydroxyl groups is 1. The fraction of sp³-hybridized carbons (Fsp3) is 0.200. The molecule has 1 unspecified atom stereocenters. The molecular weight excluding hydrogens is 297 g/mol. The Balaban J connectivity index is 2.21.